The molecule has 0 atom stereocenters. The summed E-state index contributed by atoms with van der Waals surface area (Å²) in [6.07, 6.45) is -4.69. The molecule has 0 saturated carbocycles. The second kappa shape index (κ2) is 7.09. The van der Waals surface area contributed by atoms with Crippen molar-refractivity contribution in [2.24, 2.45) is 0 Å². The number of amides is 2. The van der Waals surface area contributed by atoms with Gasteiger partial charge >= 0.3 is 12.1 Å². The highest BCUT2D eigenvalue weighted by molar-refractivity contribution is 6.02. The first-order chi connectivity index (χ1) is 9.36. The Bertz CT molecular complexity index is 470. The van der Waals surface area contributed by atoms with Crippen LogP contribution in [-0.2, 0) is 14.4 Å². The van der Waals surface area contributed by atoms with E-state index in [2.05, 4.69) is 0 Å². The van der Waals surface area contributed by atoms with E-state index in [9.17, 15) is 27.6 Å². The molecule has 0 heterocycles. The average Bonchev–Trinajstić information content (AvgIpc) is 2.33. The molecule has 0 radical (unpaired) electrons. The van der Waals surface area contributed by atoms with Crippen LogP contribution in [0.4, 0.5) is 13.2 Å². The number of likely N-dealkylation sites (N-methyl/N-ethyl adjacent to an activating group) is 1. The van der Waals surface area contributed by atoms with Gasteiger partial charge in [0.1, 0.15) is 13.1 Å². The van der Waals surface area contributed by atoms with Crippen molar-refractivity contribution in [2.75, 3.05) is 27.2 Å². The molecule has 0 rings (SSSR count). The van der Waals surface area contributed by atoms with Crippen molar-refractivity contribution >= 4 is 17.8 Å². The Morgan fingerprint density at radius 3 is 1.86 bits per heavy atom. The molecule has 0 spiro atoms. The number of carbonyl (C=O) groups excluding carboxylic acids is 2. The van der Waals surface area contributed by atoms with Gasteiger partial charge in [-0.2, -0.15) is 13.2 Å². The van der Waals surface area contributed by atoms with Crippen molar-refractivity contribution in [3.8, 4) is 0 Å². The van der Waals surface area contributed by atoms with E-state index in [1.54, 1.807) is 0 Å². The van der Waals surface area contributed by atoms with E-state index in [4.69, 9.17) is 5.11 Å². The molecule has 0 unspecified atom stereocenters. The summed E-state index contributed by atoms with van der Waals surface area (Å²) >= 11 is 0. The van der Waals surface area contributed by atoms with Gasteiger partial charge in [0.25, 0.3) is 5.91 Å². The van der Waals surface area contributed by atoms with Crippen LogP contribution in [0.3, 0.4) is 0 Å². The van der Waals surface area contributed by atoms with Gasteiger partial charge in [0.15, 0.2) is 0 Å². The number of hydrogen-bond acceptors (Lipinski definition) is 3. The molecule has 21 heavy (non-hydrogen) atoms. The molecular weight excluding hydrogens is 293 g/mol. The highest BCUT2D eigenvalue weighted by Gasteiger charge is 2.35. The molecule has 0 aliphatic heterocycles. The maximum absolute atomic E-state index is 12.5. The van der Waals surface area contributed by atoms with E-state index in [0.29, 0.717) is 0 Å². The summed E-state index contributed by atoms with van der Waals surface area (Å²) in [5.41, 5.74) is -0.720. The number of halogens is 3. The molecule has 0 fully saturated rings. The summed E-state index contributed by atoms with van der Waals surface area (Å²) in [6.45, 7) is -0.199. The molecule has 0 saturated heterocycles. The standard InChI is InChI=1S/C12H17F3N2O4/c1-7(8(2)11(20)21)10(19)17(6-12(13,14)15)5-9(18)16(3)4/h5-6H2,1-4H3,(H,20,21). The number of carboxylic acids is 1. The Hall–Kier alpha value is -2.06. The molecule has 9 heteroatoms. The first-order valence-electron chi connectivity index (χ1n) is 5.83. The predicted octanol–water partition coefficient (Wildman–Crippen LogP) is 0.886. The minimum Gasteiger partial charge on any atom is -0.478 e. The largest absolute Gasteiger partial charge is 0.478 e. The van der Waals surface area contributed by atoms with E-state index >= 15 is 0 Å². The van der Waals surface area contributed by atoms with Crippen LogP contribution < -0.4 is 0 Å². The summed E-state index contributed by atoms with van der Waals surface area (Å²) in [5.74, 6) is -3.25. The third-order valence-corrected chi connectivity index (χ3v) is 2.69. The van der Waals surface area contributed by atoms with Gasteiger partial charge in [0.2, 0.25) is 5.91 Å². The van der Waals surface area contributed by atoms with Crippen LogP contribution in [-0.4, -0.2) is 66.1 Å². The molecule has 0 aliphatic carbocycles. The van der Waals surface area contributed by atoms with E-state index in [1.165, 1.54) is 14.1 Å². The molecule has 0 aromatic rings. The monoisotopic (exact) mass is 310 g/mol. The summed E-state index contributed by atoms with van der Waals surface area (Å²) < 4.78 is 37.5. The zero-order chi connectivity index (χ0) is 17.0. The fraction of sp³-hybridized carbons (Fsp3) is 0.583. The molecular formula is C12H17F3N2O4. The maximum Gasteiger partial charge on any atom is 0.406 e. The minimum absolute atomic E-state index is 0.282. The fourth-order valence-electron chi connectivity index (χ4n) is 1.28. The molecule has 0 bridgehead atoms. The number of aliphatic carboxylic acids is 1. The third-order valence-electron chi connectivity index (χ3n) is 2.69. The van der Waals surface area contributed by atoms with Crippen LogP contribution in [0.15, 0.2) is 11.1 Å². The van der Waals surface area contributed by atoms with Crippen LogP contribution in [0.5, 0.6) is 0 Å². The zero-order valence-corrected chi connectivity index (χ0v) is 12.1. The smallest absolute Gasteiger partial charge is 0.406 e. The van der Waals surface area contributed by atoms with Crippen LogP contribution >= 0.6 is 0 Å². The molecule has 0 aromatic carbocycles. The first-order valence-corrected chi connectivity index (χ1v) is 5.83. The first kappa shape index (κ1) is 18.9. The van der Waals surface area contributed by atoms with Gasteiger partial charge in [0.05, 0.1) is 0 Å². The molecule has 0 aliphatic rings. The van der Waals surface area contributed by atoms with Crippen LogP contribution in [0.2, 0.25) is 0 Å². The molecule has 0 aromatic heterocycles. The second-order valence-electron chi connectivity index (χ2n) is 4.62. The molecule has 2 amide bonds. The highest BCUT2D eigenvalue weighted by atomic mass is 19.4. The second-order valence-corrected chi connectivity index (χ2v) is 4.62. The number of hydrogen-bond donors (Lipinski definition) is 1. The summed E-state index contributed by atoms with van der Waals surface area (Å²) in [7, 11) is 2.67. The fourth-order valence-corrected chi connectivity index (χ4v) is 1.28. The van der Waals surface area contributed by atoms with E-state index in [-0.39, 0.29) is 16.0 Å². The lowest BCUT2D eigenvalue weighted by Gasteiger charge is -2.25. The average molecular weight is 310 g/mol. The zero-order valence-electron chi connectivity index (χ0n) is 12.1. The number of alkyl halides is 3. The van der Waals surface area contributed by atoms with Gasteiger partial charge in [-0.25, -0.2) is 4.79 Å². The van der Waals surface area contributed by atoms with Crippen LogP contribution in [0.25, 0.3) is 0 Å². The molecule has 120 valence electrons. The van der Waals surface area contributed by atoms with E-state index in [0.717, 1.165) is 18.7 Å². The van der Waals surface area contributed by atoms with Crippen molar-refractivity contribution in [1.29, 1.82) is 0 Å². The van der Waals surface area contributed by atoms with Crippen LogP contribution in [0, 0.1) is 0 Å². The van der Waals surface area contributed by atoms with Crippen molar-refractivity contribution in [3.63, 3.8) is 0 Å². The lowest BCUT2D eigenvalue weighted by molar-refractivity contribution is -0.161. The third kappa shape index (κ3) is 6.28. The molecule has 6 nitrogen and oxygen atoms in total. The summed E-state index contributed by atoms with van der Waals surface area (Å²) in [4.78, 5) is 35.5. The van der Waals surface area contributed by atoms with Crippen molar-refractivity contribution in [3.05, 3.63) is 11.1 Å². The minimum atomic E-state index is -4.69. The topological polar surface area (TPSA) is 77.9 Å². The highest BCUT2D eigenvalue weighted by Crippen LogP contribution is 2.18. The Morgan fingerprint density at radius 2 is 1.52 bits per heavy atom. The van der Waals surface area contributed by atoms with Gasteiger partial charge < -0.3 is 14.9 Å². The van der Waals surface area contributed by atoms with Gasteiger partial charge in [0, 0.05) is 25.2 Å². The van der Waals surface area contributed by atoms with Gasteiger partial charge in [-0.1, -0.05) is 0 Å². The number of carbonyl (C=O) groups is 3. The lowest BCUT2D eigenvalue weighted by Crippen LogP contribution is -2.45. The predicted molar refractivity (Wildman–Crippen MR) is 67.3 cm³/mol. The van der Waals surface area contributed by atoms with Gasteiger partial charge in [-0.05, 0) is 13.8 Å². The number of nitrogens with zero attached hydrogens (tertiary/aromatic N) is 2. The Morgan fingerprint density at radius 1 is 1.05 bits per heavy atom. The quantitative estimate of drug-likeness (QED) is 0.765. The van der Waals surface area contributed by atoms with E-state index < -0.39 is 37.0 Å². The summed E-state index contributed by atoms with van der Waals surface area (Å²) in [5, 5.41) is 8.76. The Kier molecular flexibility index (Phi) is 6.40. The SMILES string of the molecule is CC(C(=O)O)=C(C)C(=O)N(CC(=O)N(C)C)CC(F)(F)F. The van der Waals surface area contributed by atoms with Crippen LogP contribution in [0.1, 0.15) is 13.8 Å². The van der Waals surface area contributed by atoms with Crippen molar-refractivity contribution < 1.29 is 32.7 Å². The Balaban J connectivity index is 5.40. The van der Waals surface area contributed by atoms with Crippen molar-refractivity contribution in [1.82, 2.24) is 9.80 Å². The Labute approximate surface area is 119 Å². The van der Waals surface area contributed by atoms with Crippen molar-refractivity contribution in [2.45, 2.75) is 20.0 Å². The summed E-state index contributed by atoms with van der Waals surface area (Å²) in [6, 6.07) is 0. The number of rotatable bonds is 5. The maximum atomic E-state index is 12.5. The van der Waals surface area contributed by atoms with Gasteiger partial charge in [-0.15, -0.1) is 0 Å². The van der Waals surface area contributed by atoms with Gasteiger partial charge in [-0.3, -0.25) is 9.59 Å². The lowest BCUT2D eigenvalue weighted by atomic mass is 10.1. The van der Waals surface area contributed by atoms with E-state index in [1.807, 2.05) is 0 Å². The number of carboxylic acid groups (broad SMARTS) is 1. The molecule has 1 N–H and O–H groups in total. The normalized spacial score (nSPS) is 12.5.